The molecule has 2 heteroatoms. The molecule has 1 fully saturated rings. The Balaban J connectivity index is 2.10. The molecule has 0 spiro atoms. The van der Waals surface area contributed by atoms with Gasteiger partial charge in [0.15, 0.2) is 0 Å². The highest BCUT2D eigenvalue weighted by atomic mass is 16.5. The molecular weight excluding hydrogens is 210 g/mol. The van der Waals surface area contributed by atoms with Crippen LogP contribution in [0.3, 0.4) is 0 Å². The van der Waals surface area contributed by atoms with E-state index in [4.69, 9.17) is 4.74 Å². The third-order valence-electron chi connectivity index (χ3n) is 3.56. The van der Waals surface area contributed by atoms with Gasteiger partial charge in [-0.1, -0.05) is 51.1 Å². The minimum atomic E-state index is 0.362. The van der Waals surface area contributed by atoms with E-state index in [0.29, 0.717) is 17.5 Å². The first kappa shape index (κ1) is 12.6. The van der Waals surface area contributed by atoms with E-state index in [1.807, 2.05) is 0 Å². The van der Waals surface area contributed by atoms with Crippen LogP contribution in [-0.4, -0.2) is 31.2 Å². The first-order chi connectivity index (χ1) is 8.04. The molecule has 1 aromatic carbocycles. The molecule has 1 saturated heterocycles. The van der Waals surface area contributed by atoms with Crippen molar-refractivity contribution in [2.75, 3.05) is 20.3 Å². The zero-order chi connectivity index (χ0) is 12.5. The molecule has 3 atom stereocenters. The van der Waals surface area contributed by atoms with E-state index in [1.54, 1.807) is 7.11 Å². The summed E-state index contributed by atoms with van der Waals surface area (Å²) >= 11 is 0. The molecule has 0 bridgehead atoms. The molecule has 0 N–H and O–H groups in total. The lowest BCUT2D eigenvalue weighted by Gasteiger charge is -2.24. The van der Waals surface area contributed by atoms with Gasteiger partial charge in [0.05, 0.1) is 12.6 Å². The molecule has 0 aromatic heterocycles. The molecule has 1 aliphatic heterocycles. The van der Waals surface area contributed by atoms with Crippen LogP contribution in [0.5, 0.6) is 0 Å². The standard InChI is InChI=1S/C15H23NO/c1-15(2,3)14-10-16(14)13(11-17-4)12-8-6-5-7-9-12/h5-9,13-14H,10-11H2,1-4H3/t13-,14+,16?/m0/s1. The fraction of sp³-hybridized carbons (Fsp3) is 0.600. The van der Waals surface area contributed by atoms with Crippen LogP contribution in [0.25, 0.3) is 0 Å². The third-order valence-corrected chi connectivity index (χ3v) is 3.56. The first-order valence-electron chi connectivity index (χ1n) is 6.33. The molecule has 0 aliphatic carbocycles. The fourth-order valence-corrected chi connectivity index (χ4v) is 2.48. The lowest BCUT2D eigenvalue weighted by Crippen LogP contribution is -2.24. The molecular formula is C15H23NO. The minimum absolute atomic E-state index is 0.362. The van der Waals surface area contributed by atoms with Gasteiger partial charge < -0.3 is 4.74 Å². The Morgan fingerprint density at radius 2 is 1.94 bits per heavy atom. The number of rotatable bonds is 4. The molecule has 0 amide bonds. The van der Waals surface area contributed by atoms with Gasteiger partial charge in [-0.15, -0.1) is 0 Å². The Morgan fingerprint density at radius 3 is 2.41 bits per heavy atom. The van der Waals surface area contributed by atoms with Crippen molar-refractivity contribution in [1.29, 1.82) is 0 Å². The van der Waals surface area contributed by atoms with E-state index in [-0.39, 0.29) is 0 Å². The van der Waals surface area contributed by atoms with Crippen molar-refractivity contribution >= 4 is 0 Å². The largest absolute Gasteiger partial charge is 0.383 e. The zero-order valence-corrected chi connectivity index (χ0v) is 11.3. The summed E-state index contributed by atoms with van der Waals surface area (Å²) in [4.78, 5) is 2.54. The molecule has 0 saturated carbocycles. The van der Waals surface area contributed by atoms with E-state index in [9.17, 15) is 0 Å². The molecule has 2 rings (SSSR count). The average Bonchev–Trinajstić information content (AvgIpc) is 3.06. The summed E-state index contributed by atoms with van der Waals surface area (Å²) < 4.78 is 5.38. The van der Waals surface area contributed by atoms with Crippen molar-refractivity contribution in [1.82, 2.24) is 4.90 Å². The van der Waals surface area contributed by atoms with Crippen molar-refractivity contribution in [3.63, 3.8) is 0 Å². The van der Waals surface area contributed by atoms with Gasteiger partial charge in [-0.05, 0) is 11.0 Å². The van der Waals surface area contributed by atoms with Gasteiger partial charge >= 0.3 is 0 Å². The molecule has 17 heavy (non-hydrogen) atoms. The predicted octanol–water partition coefficient (Wildman–Crippen LogP) is 3.10. The minimum Gasteiger partial charge on any atom is -0.383 e. The SMILES string of the molecule is COC[C@@H](c1ccccc1)N1C[C@@H]1C(C)(C)C. The third kappa shape index (κ3) is 2.88. The number of ether oxygens (including phenoxy) is 1. The molecule has 1 aliphatic rings. The normalized spacial score (nSPS) is 25.6. The molecule has 2 nitrogen and oxygen atoms in total. The van der Waals surface area contributed by atoms with Crippen molar-refractivity contribution in [2.24, 2.45) is 5.41 Å². The maximum Gasteiger partial charge on any atom is 0.0659 e. The van der Waals surface area contributed by atoms with Crippen molar-refractivity contribution in [2.45, 2.75) is 32.9 Å². The zero-order valence-electron chi connectivity index (χ0n) is 11.3. The monoisotopic (exact) mass is 233 g/mol. The van der Waals surface area contributed by atoms with Gasteiger partial charge in [0.2, 0.25) is 0 Å². The summed E-state index contributed by atoms with van der Waals surface area (Å²) in [6, 6.07) is 11.8. The van der Waals surface area contributed by atoms with Crippen LogP contribution in [0.15, 0.2) is 30.3 Å². The van der Waals surface area contributed by atoms with E-state index in [1.165, 1.54) is 12.1 Å². The number of methoxy groups -OCH3 is 1. The van der Waals surface area contributed by atoms with E-state index >= 15 is 0 Å². The highest BCUT2D eigenvalue weighted by Gasteiger charge is 2.46. The van der Waals surface area contributed by atoms with Crippen LogP contribution in [0, 0.1) is 5.41 Å². The van der Waals surface area contributed by atoms with Crippen LogP contribution in [0.1, 0.15) is 32.4 Å². The number of hydrogen-bond acceptors (Lipinski definition) is 2. The predicted molar refractivity (Wildman–Crippen MR) is 71.0 cm³/mol. The summed E-state index contributed by atoms with van der Waals surface area (Å²) in [6.07, 6.45) is 0. The molecule has 94 valence electrons. The van der Waals surface area contributed by atoms with Gasteiger partial charge in [-0.3, -0.25) is 4.90 Å². The topological polar surface area (TPSA) is 12.2 Å². The Morgan fingerprint density at radius 1 is 1.29 bits per heavy atom. The highest BCUT2D eigenvalue weighted by Crippen LogP contribution is 2.41. The van der Waals surface area contributed by atoms with Crippen LogP contribution < -0.4 is 0 Å². The van der Waals surface area contributed by atoms with E-state index < -0.39 is 0 Å². The second kappa shape index (κ2) is 4.79. The second-order valence-corrected chi connectivity index (χ2v) is 5.96. The van der Waals surface area contributed by atoms with Crippen LogP contribution in [0.4, 0.5) is 0 Å². The van der Waals surface area contributed by atoms with Crippen LogP contribution >= 0.6 is 0 Å². The van der Waals surface area contributed by atoms with E-state index in [2.05, 4.69) is 56.0 Å². The van der Waals surface area contributed by atoms with Gasteiger partial charge in [-0.2, -0.15) is 0 Å². The Kier molecular flexibility index (Phi) is 3.55. The number of nitrogens with zero attached hydrogens (tertiary/aromatic N) is 1. The van der Waals surface area contributed by atoms with E-state index in [0.717, 1.165) is 6.61 Å². The van der Waals surface area contributed by atoms with Gasteiger partial charge in [0, 0.05) is 19.7 Å². The lowest BCUT2D eigenvalue weighted by molar-refractivity contribution is 0.130. The van der Waals surface area contributed by atoms with Crippen molar-refractivity contribution in [3.8, 4) is 0 Å². The summed E-state index contributed by atoms with van der Waals surface area (Å²) in [5.41, 5.74) is 1.72. The quantitative estimate of drug-likeness (QED) is 0.741. The number of hydrogen-bond donors (Lipinski definition) is 0. The Labute approximate surface area is 105 Å². The van der Waals surface area contributed by atoms with Crippen LogP contribution in [0.2, 0.25) is 0 Å². The Hall–Kier alpha value is -0.860. The maximum atomic E-state index is 5.38. The molecule has 1 aromatic rings. The van der Waals surface area contributed by atoms with Crippen molar-refractivity contribution in [3.05, 3.63) is 35.9 Å². The molecule has 0 radical (unpaired) electrons. The highest BCUT2D eigenvalue weighted by molar-refractivity contribution is 5.21. The fourth-order valence-electron chi connectivity index (χ4n) is 2.48. The van der Waals surface area contributed by atoms with Gasteiger partial charge in [0.1, 0.15) is 0 Å². The smallest absolute Gasteiger partial charge is 0.0659 e. The van der Waals surface area contributed by atoms with Gasteiger partial charge in [0.25, 0.3) is 0 Å². The summed E-state index contributed by atoms with van der Waals surface area (Å²) in [5, 5.41) is 0. The van der Waals surface area contributed by atoms with Gasteiger partial charge in [-0.25, -0.2) is 0 Å². The van der Waals surface area contributed by atoms with Crippen molar-refractivity contribution < 1.29 is 4.74 Å². The first-order valence-corrected chi connectivity index (χ1v) is 6.33. The summed E-state index contributed by atoms with van der Waals surface area (Å²) in [7, 11) is 1.78. The lowest BCUT2D eigenvalue weighted by atomic mass is 9.92. The molecule has 1 heterocycles. The Bertz CT molecular complexity index is 355. The van der Waals surface area contributed by atoms with Crippen LogP contribution in [-0.2, 0) is 4.74 Å². The molecule has 1 unspecified atom stereocenters. The second-order valence-electron chi connectivity index (χ2n) is 5.96. The number of benzene rings is 1. The average molecular weight is 233 g/mol. The maximum absolute atomic E-state index is 5.38. The summed E-state index contributed by atoms with van der Waals surface area (Å²) in [6.45, 7) is 8.90. The summed E-state index contributed by atoms with van der Waals surface area (Å²) in [5.74, 6) is 0.